The molecule has 0 unspecified atom stereocenters. The second-order valence-electron chi connectivity index (χ2n) is 13.4. The Hall–Kier alpha value is -3.61. The number of benzene rings is 1. The number of fused-ring (bicyclic) bond motifs is 5. The number of carbonyl (C=O) groups is 3. The molecule has 4 aliphatic rings. The molecule has 244 valence electrons. The molecule has 2 bridgehead atoms. The van der Waals surface area contributed by atoms with E-state index in [9.17, 15) is 14.4 Å². The second-order valence-corrected chi connectivity index (χ2v) is 13.4. The summed E-state index contributed by atoms with van der Waals surface area (Å²) < 4.78 is 54.7. The van der Waals surface area contributed by atoms with Gasteiger partial charge in [-0.3, -0.25) is 4.79 Å². The molecule has 0 radical (unpaired) electrons. The molecule has 3 fully saturated rings. The average Bonchev–Trinajstić information content (AvgIpc) is 3.49. The molecule has 1 aromatic heterocycles. The first-order valence-corrected chi connectivity index (χ1v) is 15.6. The van der Waals surface area contributed by atoms with Crippen molar-refractivity contribution in [3.63, 3.8) is 0 Å². The van der Waals surface area contributed by atoms with Gasteiger partial charge in [0, 0.05) is 29.7 Å². The molecule has 3 aliphatic heterocycles. The number of hydrogen-bond acceptors (Lipinski definition) is 9. The summed E-state index contributed by atoms with van der Waals surface area (Å²) in [7, 11) is 1.49. The lowest BCUT2D eigenvalue weighted by molar-refractivity contribution is -0.157. The molecule has 11 nitrogen and oxygen atoms in total. The number of rotatable bonds is 4. The van der Waals surface area contributed by atoms with Gasteiger partial charge >= 0.3 is 6.09 Å². The molecule has 45 heavy (non-hydrogen) atoms. The zero-order chi connectivity index (χ0) is 32.1. The third kappa shape index (κ3) is 5.79. The average molecular weight is 631 g/mol. The van der Waals surface area contributed by atoms with Crippen LogP contribution in [0.4, 0.5) is 13.6 Å². The van der Waals surface area contributed by atoms with Crippen molar-refractivity contribution in [2.75, 3.05) is 26.9 Å². The summed E-state index contributed by atoms with van der Waals surface area (Å²) in [6.45, 7) is 5.88. The van der Waals surface area contributed by atoms with E-state index in [0.29, 0.717) is 43.2 Å². The van der Waals surface area contributed by atoms with Crippen molar-refractivity contribution in [2.45, 2.75) is 89.0 Å². The van der Waals surface area contributed by atoms with Gasteiger partial charge in [-0.05, 0) is 44.7 Å². The number of alkyl carbamates (subject to hydrolysis) is 1. The normalized spacial score (nSPS) is 32.8. The summed E-state index contributed by atoms with van der Waals surface area (Å²) in [6.07, 6.45) is 0.968. The lowest BCUT2D eigenvalue weighted by Gasteiger charge is -2.45. The number of nitrogens with zero attached hydrogens (tertiary/aromatic N) is 3. The van der Waals surface area contributed by atoms with E-state index in [1.54, 1.807) is 18.2 Å². The Labute approximate surface area is 260 Å². The van der Waals surface area contributed by atoms with E-state index in [0.717, 1.165) is 0 Å². The maximum atomic E-state index is 16.0. The molecule has 13 heteroatoms. The van der Waals surface area contributed by atoms with Crippen LogP contribution in [-0.4, -0.2) is 83.8 Å². The number of amides is 2. The van der Waals surface area contributed by atoms with Crippen LogP contribution in [0.2, 0.25) is 0 Å². The highest BCUT2D eigenvalue weighted by Gasteiger charge is 2.56. The third-order valence-electron chi connectivity index (χ3n) is 10.0. The molecule has 4 heterocycles. The molecule has 6 atom stereocenters. The van der Waals surface area contributed by atoms with E-state index in [1.165, 1.54) is 12.0 Å². The fourth-order valence-electron chi connectivity index (χ4n) is 7.02. The van der Waals surface area contributed by atoms with Gasteiger partial charge < -0.3 is 34.0 Å². The van der Waals surface area contributed by atoms with Crippen molar-refractivity contribution in [3.05, 3.63) is 23.9 Å². The number of nitrogens with one attached hydrogen (secondary N) is 1. The predicted molar refractivity (Wildman–Crippen MR) is 157 cm³/mol. The lowest BCUT2D eigenvalue weighted by Crippen LogP contribution is -2.64. The zero-order valence-electron chi connectivity index (χ0n) is 26.0. The summed E-state index contributed by atoms with van der Waals surface area (Å²) in [4.78, 5) is 50.1. The maximum Gasteiger partial charge on any atom is 0.408 e. The third-order valence-corrected chi connectivity index (χ3v) is 10.0. The summed E-state index contributed by atoms with van der Waals surface area (Å²) >= 11 is 0. The Morgan fingerprint density at radius 2 is 1.93 bits per heavy atom. The molecule has 1 aliphatic carbocycles. The molecule has 2 saturated heterocycles. The standard InChI is InChI=1S/C32H40F2N4O7/c1-5-20-23(15-39)38-14-24(20)44-27-25(35-21-10-9-19(42-4)12-22(21)36-27)32(33,34)11-7-6-8-18-13-31(18,3)45-29(41)37-26(28(38)40)30(2)16-43-17-30/h9-10,12,15,18,20,23-24,26H,5-8,11,13-14,16-17H2,1-4H3,(H,37,41)/t18-,20+,23-,24+,26-,31-/m1/s1. The number of hydrogen-bond donors (Lipinski definition) is 1. The summed E-state index contributed by atoms with van der Waals surface area (Å²) in [5, 5.41) is 2.79. The Kier molecular flexibility index (Phi) is 8.11. The van der Waals surface area contributed by atoms with Crippen LogP contribution in [0.15, 0.2) is 18.2 Å². The quantitative estimate of drug-likeness (QED) is 0.489. The summed E-state index contributed by atoms with van der Waals surface area (Å²) in [5.41, 5.74) is -1.47. The Morgan fingerprint density at radius 3 is 2.60 bits per heavy atom. The minimum Gasteiger partial charge on any atom is -0.497 e. The van der Waals surface area contributed by atoms with Gasteiger partial charge in [0.15, 0.2) is 5.69 Å². The van der Waals surface area contributed by atoms with Crippen molar-refractivity contribution in [2.24, 2.45) is 17.3 Å². The molecule has 0 spiro atoms. The van der Waals surface area contributed by atoms with Crippen molar-refractivity contribution >= 4 is 29.3 Å². The molecule has 2 amide bonds. The smallest absolute Gasteiger partial charge is 0.408 e. The van der Waals surface area contributed by atoms with Gasteiger partial charge in [0.05, 0.1) is 43.9 Å². The number of carbonyl (C=O) groups excluding carboxylic acids is 3. The number of halogens is 2. The van der Waals surface area contributed by atoms with Crippen LogP contribution in [0.1, 0.15) is 65.0 Å². The number of methoxy groups -OCH3 is 1. The molecular weight excluding hydrogens is 590 g/mol. The van der Waals surface area contributed by atoms with Crippen LogP contribution in [0, 0.1) is 17.3 Å². The first-order chi connectivity index (χ1) is 21.4. The molecule has 1 aromatic carbocycles. The largest absolute Gasteiger partial charge is 0.497 e. The highest BCUT2D eigenvalue weighted by molar-refractivity contribution is 5.89. The highest BCUT2D eigenvalue weighted by atomic mass is 19.3. The van der Waals surface area contributed by atoms with E-state index in [1.807, 2.05) is 20.8 Å². The van der Waals surface area contributed by atoms with Crippen molar-refractivity contribution in [1.82, 2.24) is 20.2 Å². The fourth-order valence-corrected chi connectivity index (χ4v) is 7.02. The van der Waals surface area contributed by atoms with Crippen LogP contribution in [0.5, 0.6) is 11.6 Å². The molecule has 1 N–H and O–H groups in total. The van der Waals surface area contributed by atoms with Gasteiger partial charge in [-0.15, -0.1) is 0 Å². The molecular formula is C32H40F2N4O7. The summed E-state index contributed by atoms with van der Waals surface area (Å²) in [5.74, 6) is -4.22. The lowest BCUT2D eigenvalue weighted by atomic mass is 9.79. The predicted octanol–water partition coefficient (Wildman–Crippen LogP) is 4.40. The van der Waals surface area contributed by atoms with Crippen molar-refractivity contribution in [3.8, 4) is 11.6 Å². The van der Waals surface area contributed by atoms with Gasteiger partial charge in [0.25, 0.3) is 5.92 Å². The SMILES string of the molecule is CC[C@@H]1[C@@H]2CN(C(=O)[C@H](C3(C)COC3)NC(=O)O[C@]3(C)C[C@H]3CCCCC(F)(F)c3nc4ccc(OC)cc4nc3O2)[C@@H]1C=O. The van der Waals surface area contributed by atoms with E-state index in [-0.39, 0.29) is 43.5 Å². The number of ether oxygens (including phenoxy) is 4. The van der Waals surface area contributed by atoms with Crippen LogP contribution in [0.3, 0.4) is 0 Å². The first kappa shape index (κ1) is 31.4. The second kappa shape index (κ2) is 11.6. The topological polar surface area (TPSA) is 129 Å². The fraction of sp³-hybridized carbons (Fsp3) is 0.656. The van der Waals surface area contributed by atoms with Crippen LogP contribution >= 0.6 is 0 Å². The Bertz CT molecular complexity index is 1490. The van der Waals surface area contributed by atoms with Gasteiger partial charge in [-0.1, -0.05) is 20.3 Å². The number of alkyl halides is 2. The van der Waals surface area contributed by atoms with Gasteiger partial charge in [-0.2, -0.15) is 8.78 Å². The number of aromatic nitrogens is 2. The van der Waals surface area contributed by atoms with E-state index < -0.39 is 65.2 Å². The van der Waals surface area contributed by atoms with E-state index in [4.69, 9.17) is 18.9 Å². The van der Waals surface area contributed by atoms with Crippen LogP contribution in [-0.2, 0) is 25.0 Å². The monoisotopic (exact) mass is 630 g/mol. The Morgan fingerprint density at radius 1 is 1.16 bits per heavy atom. The van der Waals surface area contributed by atoms with Gasteiger partial charge in [0.1, 0.15) is 29.8 Å². The van der Waals surface area contributed by atoms with E-state index >= 15 is 8.78 Å². The molecule has 2 aromatic rings. The molecule has 6 rings (SSSR count). The minimum absolute atomic E-state index is 0.0194. The Balaban J connectivity index is 1.41. The van der Waals surface area contributed by atoms with E-state index in [2.05, 4.69) is 15.3 Å². The summed E-state index contributed by atoms with van der Waals surface area (Å²) in [6, 6.07) is 2.84. The number of aldehydes is 1. The maximum absolute atomic E-state index is 16.0. The van der Waals surface area contributed by atoms with Crippen molar-refractivity contribution in [1.29, 1.82) is 0 Å². The highest BCUT2D eigenvalue weighted by Crippen LogP contribution is 2.50. The van der Waals surface area contributed by atoms with Crippen LogP contribution in [0.25, 0.3) is 11.0 Å². The minimum atomic E-state index is -3.37. The van der Waals surface area contributed by atoms with Crippen LogP contribution < -0.4 is 14.8 Å². The van der Waals surface area contributed by atoms with Gasteiger partial charge in [0.2, 0.25) is 11.8 Å². The zero-order valence-corrected chi connectivity index (χ0v) is 26.0. The van der Waals surface area contributed by atoms with Crippen molar-refractivity contribution < 1.29 is 42.1 Å². The first-order valence-electron chi connectivity index (χ1n) is 15.6. The van der Waals surface area contributed by atoms with Gasteiger partial charge in [-0.25, -0.2) is 14.8 Å². The molecule has 1 saturated carbocycles.